The fourth-order valence-corrected chi connectivity index (χ4v) is 2.14. The van der Waals surface area contributed by atoms with Crippen LogP contribution in [0, 0.1) is 0 Å². The van der Waals surface area contributed by atoms with Crippen LogP contribution in [0.5, 0.6) is 0 Å². The molecule has 0 heterocycles. The molecule has 3 heteroatoms. The van der Waals surface area contributed by atoms with Crippen molar-refractivity contribution in [3.05, 3.63) is 34.3 Å². The van der Waals surface area contributed by atoms with Crippen LogP contribution < -0.4 is 0 Å². The molecule has 1 rings (SSSR count). The smallest absolute Gasteiger partial charge is 0.176 e. The van der Waals surface area contributed by atoms with Gasteiger partial charge in [-0.2, -0.15) is 0 Å². The number of hydrogen-bond acceptors (Lipinski definition) is 2. The number of carbonyl (C=O) groups is 1. The predicted octanol–water partition coefficient (Wildman–Crippen LogP) is 3.75. The van der Waals surface area contributed by atoms with Gasteiger partial charge in [0, 0.05) is 16.1 Å². The summed E-state index contributed by atoms with van der Waals surface area (Å²) in [5.41, 5.74) is 0.779. The van der Waals surface area contributed by atoms with Crippen LogP contribution in [0.2, 0.25) is 0 Å². The Bertz CT molecular complexity index is 376. The summed E-state index contributed by atoms with van der Waals surface area (Å²) in [6, 6.07) is 8.00. The highest BCUT2D eigenvalue weighted by Crippen LogP contribution is 2.13. The Balaban J connectivity index is 2.70. The van der Waals surface area contributed by atoms with E-state index in [2.05, 4.69) is 41.6 Å². The molecule has 0 aliphatic heterocycles. The number of rotatable bonds is 6. The first-order valence-electron chi connectivity index (χ1n) is 6.07. The average molecular weight is 298 g/mol. The second kappa shape index (κ2) is 6.92. The number of hydrogen-bond donors (Lipinski definition) is 0. The van der Waals surface area contributed by atoms with Crippen molar-refractivity contribution in [3.8, 4) is 0 Å². The molecule has 0 amide bonds. The molecule has 1 aromatic rings. The summed E-state index contributed by atoms with van der Waals surface area (Å²) in [5, 5.41) is 0. The molecule has 1 aromatic carbocycles. The molecular formula is C14H20BrNO. The highest BCUT2D eigenvalue weighted by molar-refractivity contribution is 9.10. The summed E-state index contributed by atoms with van der Waals surface area (Å²) >= 11 is 3.39. The lowest BCUT2D eigenvalue weighted by atomic mass is 10.1. The minimum atomic E-state index is 0.188. The minimum absolute atomic E-state index is 0.188. The highest BCUT2D eigenvalue weighted by Gasteiger charge is 2.14. The van der Waals surface area contributed by atoms with Gasteiger partial charge in [0.2, 0.25) is 0 Å². The van der Waals surface area contributed by atoms with E-state index in [-0.39, 0.29) is 5.78 Å². The first kappa shape index (κ1) is 14.4. The van der Waals surface area contributed by atoms with Gasteiger partial charge >= 0.3 is 0 Å². The molecule has 0 spiro atoms. The summed E-state index contributed by atoms with van der Waals surface area (Å²) in [6.07, 6.45) is 1.07. The monoisotopic (exact) mass is 297 g/mol. The first-order chi connectivity index (χ1) is 8.04. The fraction of sp³-hybridized carbons (Fsp3) is 0.500. The number of benzene rings is 1. The summed E-state index contributed by atoms with van der Waals surface area (Å²) < 4.78 is 0.954. The molecule has 0 aromatic heterocycles. The fourth-order valence-electron chi connectivity index (χ4n) is 1.74. The Morgan fingerprint density at radius 1 is 1.41 bits per heavy atom. The maximum Gasteiger partial charge on any atom is 0.176 e. The zero-order valence-corrected chi connectivity index (χ0v) is 12.3. The van der Waals surface area contributed by atoms with E-state index in [0.29, 0.717) is 12.6 Å². The Morgan fingerprint density at radius 3 is 2.65 bits per heavy atom. The Kier molecular flexibility index (Phi) is 5.86. The van der Waals surface area contributed by atoms with Crippen molar-refractivity contribution in [2.75, 3.05) is 13.1 Å². The number of ketones is 1. The molecule has 0 saturated heterocycles. The van der Waals surface area contributed by atoms with Crippen molar-refractivity contribution in [1.29, 1.82) is 0 Å². The van der Waals surface area contributed by atoms with Crippen molar-refractivity contribution in [3.63, 3.8) is 0 Å². The van der Waals surface area contributed by atoms with Gasteiger partial charge in [0.05, 0.1) is 6.54 Å². The maximum absolute atomic E-state index is 12.1. The third-order valence-corrected chi connectivity index (χ3v) is 3.23. The van der Waals surface area contributed by atoms with E-state index in [9.17, 15) is 4.79 Å². The summed E-state index contributed by atoms with van der Waals surface area (Å²) in [5.74, 6) is 0.188. The molecule has 2 nitrogen and oxygen atoms in total. The zero-order valence-electron chi connectivity index (χ0n) is 10.7. The Labute approximate surface area is 112 Å². The van der Waals surface area contributed by atoms with E-state index in [4.69, 9.17) is 0 Å². The minimum Gasteiger partial charge on any atom is -0.293 e. The molecule has 0 aliphatic rings. The lowest BCUT2D eigenvalue weighted by Gasteiger charge is -2.25. The Hall–Kier alpha value is -0.670. The number of halogens is 1. The number of Topliss-reactive ketones (excluding diaryl/α,β-unsaturated/α-hetero) is 1. The molecule has 0 radical (unpaired) electrons. The zero-order chi connectivity index (χ0) is 12.8. The lowest BCUT2D eigenvalue weighted by molar-refractivity contribution is 0.0906. The van der Waals surface area contributed by atoms with Gasteiger partial charge in [0.25, 0.3) is 0 Å². The average Bonchev–Trinajstić information content (AvgIpc) is 2.28. The van der Waals surface area contributed by atoms with Gasteiger partial charge < -0.3 is 0 Å². The van der Waals surface area contributed by atoms with Crippen LogP contribution in [-0.4, -0.2) is 29.8 Å². The molecule has 0 unspecified atom stereocenters. The van der Waals surface area contributed by atoms with Crippen LogP contribution in [0.25, 0.3) is 0 Å². The van der Waals surface area contributed by atoms with Crippen LogP contribution in [0.1, 0.15) is 37.6 Å². The molecule has 94 valence electrons. The van der Waals surface area contributed by atoms with Crippen molar-refractivity contribution in [1.82, 2.24) is 4.90 Å². The van der Waals surface area contributed by atoms with Gasteiger partial charge in [-0.05, 0) is 38.9 Å². The second-order valence-electron chi connectivity index (χ2n) is 4.50. The quantitative estimate of drug-likeness (QED) is 0.745. The summed E-state index contributed by atoms with van der Waals surface area (Å²) in [4.78, 5) is 14.3. The molecule has 17 heavy (non-hydrogen) atoms. The third kappa shape index (κ3) is 4.60. The lowest BCUT2D eigenvalue weighted by Crippen LogP contribution is -2.36. The van der Waals surface area contributed by atoms with E-state index in [1.54, 1.807) is 0 Å². The van der Waals surface area contributed by atoms with Crippen LogP contribution >= 0.6 is 15.9 Å². The predicted molar refractivity (Wildman–Crippen MR) is 75.5 cm³/mol. The SMILES string of the molecule is CCCN(CC(=O)c1cccc(Br)c1)C(C)C. The van der Waals surface area contributed by atoms with Gasteiger partial charge in [-0.15, -0.1) is 0 Å². The van der Waals surface area contributed by atoms with E-state index in [0.717, 1.165) is 23.0 Å². The van der Waals surface area contributed by atoms with Gasteiger partial charge in [-0.3, -0.25) is 9.69 Å². The van der Waals surface area contributed by atoms with Crippen molar-refractivity contribution in [2.24, 2.45) is 0 Å². The van der Waals surface area contributed by atoms with Crippen molar-refractivity contribution in [2.45, 2.75) is 33.2 Å². The Morgan fingerprint density at radius 2 is 2.12 bits per heavy atom. The van der Waals surface area contributed by atoms with Gasteiger partial charge in [0.1, 0.15) is 0 Å². The van der Waals surface area contributed by atoms with Gasteiger partial charge in [0.15, 0.2) is 5.78 Å². The van der Waals surface area contributed by atoms with E-state index in [1.165, 1.54) is 0 Å². The molecule has 0 N–H and O–H groups in total. The first-order valence-corrected chi connectivity index (χ1v) is 6.86. The second-order valence-corrected chi connectivity index (χ2v) is 5.41. The molecule has 0 fully saturated rings. The summed E-state index contributed by atoms with van der Waals surface area (Å²) in [6.45, 7) is 7.87. The number of nitrogens with zero attached hydrogens (tertiary/aromatic N) is 1. The standard InChI is InChI=1S/C14H20BrNO/c1-4-8-16(11(2)3)10-14(17)12-6-5-7-13(15)9-12/h5-7,9,11H,4,8,10H2,1-3H3. The van der Waals surface area contributed by atoms with Crippen LogP contribution in [0.15, 0.2) is 28.7 Å². The van der Waals surface area contributed by atoms with E-state index in [1.807, 2.05) is 24.3 Å². The topological polar surface area (TPSA) is 20.3 Å². The van der Waals surface area contributed by atoms with Crippen LogP contribution in [0.3, 0.4) is 0 Å². The van der Waals surface area contributed by atoms with Crippen LogP contribution in [0.4, 0.5) is 0 Å². The molecule has 0 atom stereocenters. The largest absolute Gasteiger partial charge is 0.293 e. The third-order valence-electron chi connectivity index (χ3n) is 2.73. The van der Waals surface area contributed by atoms with Gasteiger partial charge in [-0.25, -0.2) is 0 Å². The van der Waals surface area contributed by atoms with E-state index < -0.39 is 0 Å². The highest BCUT2D eigenvalue weighted by atomic mass is 79.9. The van der Waals surface area contributed by atoms with Crippen molar-refractivity contribution < 1.29 is 4.79 Å². The van der Waals surface area contributed by atoms with Crippen molar-refractivity contribution >= 4 is 21.7 Å². The van der Waals surface area contributed by atoms with Crippen LogP contribution in [-0.2, 0) is 0 Å². The van der Waals surface area contributed by atoms with Gasteiger partial charge in [-0.1, -0.05) is 35.0 Å². The normalized spacial score (nSPS) is 11.2. The molecule has 0 aliphatic carbocycles. The number of carbonyl (C=O) groups excluding carboxylic acids is 1. The summed E-state index contributed by atoms with van der Waals surface area (Å²) in [7, 11) is 0. The maximum atomic E-state index is 12.1. The molecule has 0 saturated carbocycles. The van der Waals surface area contributed by atoms with E-state index >= 15 is 0 Å². The molecule has 0 bridgehead atoms. The molecular weight excluding hydrogens is 278 g/mol.